The molecule has 0 amide bonds. The first-order chi connectivity index (χ1) is 13.7. The second-order valence-corrected chi connectivity index (χ2v) is 8.27. The van der Waals surface area contributed by atoms with Crippen LogP contribution in [0.5, 0.6) is 0 Å². The summed E-state index contributed by atoms with van der Waals surface area (Å²) in [7, 11) is 4.03. The maximum Gasteiger partial charge on any atom is 0.175 e. The largest absolute Gasteiger partial charge is 0.322 e. The summed E-state index contributed by atoms with van der Waals surface area (Å²) in [5.41, 5.74) is 4.17. The molecule has 0 spiro atoms. The minimum Gasteiger partial charge on any atom is -0.322 e. The highest BCUT2D eigenvalue weighted by Gasteiger charge is 2.12. The maximum atomic E-state index is 4.67. The number of hydrogen-bond acceptors (Lipinski definition) is 6. The molecule has 138 valence electrons. The van der Waals surface area contributed by atoms with Gasteiger partial charge in [-0.2, -0.15) is 0 Å². The molecule has 5 rings (SSSR count). The number of benzene rings is 2. The minimum absolute atomic E-state index is 0.813. The van der Waals surface area contributed by atoms with Gasteiger partial charge in [0.25, 0.3) is 0 Å². The van der Waals surface area contributed by atoms with Crippen molar-refractivity contribution in [3.8, 4) is 0 Å². The molecule has 0 saturated carbocycles. The van der Waals surface area contributed by atoms with Crippen molar-refractivity contribution in [2.24, 2.45) is 14.1 Å². The number of hydrogen-bond donors (Lipinski definition) is 0. The molecular weight excluding hydrogens is 388 g/mol. The predicted molar refractivity (Wildman–Crippen MR) is 112 cm³/mol. The lowest BCUT2D eigenvalue weighted by Gasteiger charge is -2.03. The molecule has 0 aliphatic rings. The molecule has 28 heavy (non-hydrogen) atoms. The summed E-state index contributed by atoms with van der Waals surface area (Å²) < 4.78 is 4.15. The summed E-state index contributed by atoms with van der Waals surface area (Å²) in [5, 5.41) is 12.1. The lowest BCUT2D eigenvalue weighted by atomic mass is 10.3. The van der Waals surface area contributed by atoms with Crippen molar-refractivity contribution in [3.05, 3.63) is 60.7 Å². The molecule has 0 radical (unpaired) electrons. The van der Waals surface area contributed by atoms with Gasteiger partial charge in [-0.25, -0.2) is 9.97 Å². The average molecular weight is 405 g/mol. The van der Waals surface area contributed by atoms with E-state index in [4.69, 9.17) is 0 Å². The number of aromatic nitrogens is 6. The van der Waals surface area contributed by atoms with Gasteiger partial charge in [0, 0.05) is 14.1 Å². The SMILES string of the molecule is Cn1c(Sc2ccc(Sc3nc4ccccc4n3C)nn2)nc2ccccc21. The van der Waals surface area contributed by atoms with Crippen LogP contribution < -0.4 is 0 Å². The van der Waals surface area contributed by atoms with Gasteiger partial charge >= 0.3 is 0 Å². The molecule has 6 nitrogen and oxygen atoms in total. The summed E-state index contributed by atoms with van der Waals surface area (Å²) in [5.74, 6) is 0. The monoisotopic (exact) mass is 404 g/mol. The zero-order chi connectivity index (χ0) is 19.1. The third-order valence-electron chi connectivity index (χ3n) is 4.50. The highest BCUT2D eigenvalue weighted by atomic mass is 32.2. The van der Waals surface area contributed by atoms with Crippen LogP contribution in [0.25, 0.3) is 22.1 Å². The Hall–Kier alpha value is -2.84. The summed E-state index contributed by atoms with van der Waals surface area (Å²) in [6.45, 7) is 0. The molecule has 3 aromatic heterocycles. The molecule has 0 N–H and O–H groups in total. The standard InChI is InChI=1S/C20H16N6S2/c1-25-15-9-5-3-7-13(15)21-19(25)27-17-11-12-18(24-23-17)28-20-22-14-8-4-6-10-16(14)26(20)2/h3-12H,1-2H3. The number of fused-ring (bicyclic) bond motifs is 2. The van der Waals surface area contributed by atoms with Crippen LogP contribution in [0.4, 0.5) is 0 Å². The Morgan fingerprint density at radius 1 is 0.607 bits per heavy atom. The van der Waals surface area contributed by atoms with Crippen molar-refractivity contribution < 1.29 is 0 Å². The minimum atomic E-state index is 0.813. The summed E-state index contributed by atoms with van der Waals surface area (Å²) in [6, 6.07) is 20.1. The highest BCUT2D eigenvalue weighted by Crippen LogP contribution is 2.31. The molecule has 3 heterocycles. The van der Waals surface area contributed by atoms with Crippen LogP contribution in [-0.4, -0.2) is 29.3 Å². The number of imidazole rings is 2. The zero-order valence-electron chi connectivity index (χ0n) is 15.3. The fourth-order valence-corrected chi connectivity index (χ4v) is 4.60. The fraction of sp³-hybridized carbons (Fsp3) is 0.100. The van der Waals surface area contributed by atoms with E-state index in [1.807, 2.05) is 62.6 Å². The van der Waals surface area contributed by atoms with Gasteiger partial charge in [-0.15, -0.1) is 10.2 Å². The summed E-state index contributed by atoms with van der Waals surface area (Å²) >= 11 is 3.02. The lowest BCUT2D eigenvalue weighted by molar-refractivity contribution is 0.796. The molecule has 0 aliphatic heterocycles. The molecule has 2 aromatic carbocycles. The van der Waals surface area contributed by atoms with Gasteiger partial charge in [-0.05, 0) is 59.9 Å². The van der Waals surface area contributed by atoms with Crippen LogP contribution in [0, 0.1) is 0 Å². The van der Waals surface area contributed by atoms with Crippen LogP contribution in [0.15, 0.2) is 81.0 Å². The van der Waals surface area contributed by atoms with Crippen molar-refractivity contribution in [1.82, 2.24) is 29.3 Å². The second-order valence-electron chi connectivity index (χ2n) is 6.30. The maximum absolute atomic E-state index is 4.67. The zero-order valence-corrected chi connectivity index (χ0v) is 16.9. The number of para-hydroxylation sites is 4. The lowest BCUT2D eigenvalue weighted by Crippen LogP contribution is -1.94. The van der Waals surface area contributed by atoms with E-state index in [9.17, 15) is 0 Å². The van der Waals surface area contributed by atoms with Crippen molar-refractivity contribution in [2.45, 2.75) is 20.4 Å². The van der Waals surface area contributed by atoms with Gasteiger partial charge in [0.2, 0.25) is 0 Å². The van der Waals surface area contributed by atoms with Gasteiger partial charge in [-0.3, -0.25) is 0 Å². The van der Waals surface area contributed by atoms with E-state index in [2.05, 4.69) is 41.4 Å². The Labute approximate surface area is 170 Å². The Bertz CT molecular complexity index is 1190. The molecule has 5 aromatic rings. The van der Waals surface area contributed by atoms with E-state index in [0.29, 0.717) is 0 Å². The van der Waals surface area contributed by atoms with Crippen molar-refractivity contribution in [1.29, 1.82) is 0 Å². The van der Waals surface area contributed by atoms with Gasteiger partial charge in [0.05, 0.1) is 22.1 Å². The molecular formula is C20H16N6S2. The van der Waals surface area contributed by atoms with E-state index in [0.717, 1.165) is 42.4 Å². The number of aryl methyl sites for hydroxylation is 2. The van der Waals surface area contributed by atoms with Crippen LogP contribution in [0.2, 0.25) is 0 Å². The van der Waals surface area contributed by atoms with Crippen LogP contribution in [-0.2, 0) is 14.1 Å². The topological polar surface area (TPSA) is 61.4 Å². The average Bonchev–Trinajstić information content (AvgIpc) is 3.21. The smallest absolute Gasteiger partial charge is 0.175 e. The Morgan fingerprint density at radius 2 is 1.04 bits per heavy atom. The second kappa shape index (κ2) is 6.96. The van der Waals surface area contributed by atoms with Gasteiger partial charge in [0.1, 0.15) is 10.1 Å². The first kappa shape index (κ1) is 17.3. The Morgan fingerprint density at radius 3 is 1.43 bits per heavy atom. The van der Waals surface area contributed by atoms with E-state index in [1.54, 1.807) is 0 Å². The molecule has 0 unspecified atom stereocenters. The molecule has 0 aliphatic carbocycles. The van der Waals surface area contributed by atoms with Crippen LogP contribution in [0.3, 0.4) is 0 Å². The number of nitrogens with zero attached hydrogens (tertiary/aromatic N) is 6. The van der Waals surface area contributed by atoms with Crippen LogP contribution >= 0.6 is 23.5 Å². The number of rotatable bonds is 4. The molecule has 0 bridgehead atoms. The van der Waals surface area contributed by atoms with E-state index < -0.39 is 0 Å². The van der Waals surface area contributed by atoms with Gasteiger partial charge < -0.3 is 9.13 Å². The molecule has 0 saturated heterocycles. The van der Waals surface area contributed by atoms with Gasteiger partial charge in [-0.1, -0.05) is 24.3 Å². The first-order valence-electron chi connectivity index (χ1n) is 8.71. The first-order valence-corrected chi connectivity index (χ1v) is 10.3. The van der Waals surface area contributed by atoms with Crippen LogP contribution in [0.1, 0.15) is 0 Å². The van der Waals surface area contributed by atoms with Crippen molar-refractivity contribution in [2.75, 3.05) is 0 Å². The third-order valence-corrected chi connectivity index (χ3v) is 6.45. The summed E-state index contributed by atoms with van der Waals surface area (Å²) in [4.78, 5) is 9.35. The van der Waals surface area contributed by atoms with Gasteiger partial charge in [0.15, 0.2) is 10.3 Å². The Kier molecular flexibility index (Phi) is 4.29. The third kappa shape index (κ3) is 3.04. The normalized spacial score (nSPS) is 11.5. The summed E-state index contributed by atoms with van der Waals surface area (Å²) in [6.07, 6.45) is 0. The molecule has 0 atom stereocenters. The van der Waals surface area contributed by atoms with Crippen molar-refractivity contribution in [3.63, 3.8) is 0 Å². The van der Waals surface area contributed by atoms with E-state index >= 15 is 0 Å². The predicted octanol–water partition coefficient (Wildman–Crippen LogP) is 4.55. The quantitative estimate of drug-likeness (QED) is 0.438. The fourth-order valence-electron chi connectivity index (χ4n) is 3.03. The van der Waals surface area contributed by atoms with Crippen molar-refractivity contribution >= 4 is 45.6 Å². The molecule has 8 heteroatoms. The van der Waals surface area contributed by atoms with E-state index in [1.165, 1.54) is 23.5 Å². The highest BCUT2D eigenvalue weighted by molar-refractivity contribution is 7.99. The Balaban J connectivity index is 1.37. The van der Waals surface area contributed by atoms with E-state index in [-0.39, 0.29) is 0 Å². The molecule has 0 fully saturated rings.